The van der Waals surface area contributed by atoms with E-state index >= 15 is 0 Å². The lowest BCUT2D eigenvalue weighted by atomic mass is 10.1. The third kappa shape index (κ3) is 5.23. The van der Waals surface area contributed by atoms with E-state index in [1.807, 2.05) is 37.3 Å². The number of carbonyl (C=O) groups is 1. The number of rotatable bonds is 6. The maximum Gasteiger partial charge on any atom is 0.221 e. The van der Waals surface area contributed by atoms with Gasteiger partial charge in [-0.05, 0) is 36.8 Å². The van der Waals surface area contributed by atoms with Crippen molar-refractivity contribution in [1.29, 1.82) is 0 Å². The zero-order chi connectivity index (χ0) is 15.1. The van der Waals surface area contributed by atoms with Gasteiger partial charge in [0, 0.05) is 17.1 Å². The van der Waals surface area contributed by atoms with E-state index in [0.29, 0.717) is 12.2 Å². The molecule has 0 heterocycles. The lowest BCUT2D eigenvalue weighted by molar-refractivity contribution is -0.121. The molecular formula is C17H18FNOS. The quantitative estimate of drug-likeness (QED) is 0.811. The van der Waals surface area contributed by atoms with Crippen molar-refractivity contribution >= 4 is 17.7 Å². The highest BCUT2D eigenvalue weighted by atomic mass is 32.2. The summed E-state index contributed by atoms with van der Waals surface area (Å²) in [6.45, 7) is 1.97. The molecule has 1 amide bonds. The molecule has 2 aromatic carbocycles. The van der Waals surface area contributed by atoms with Crippen LogP contribution in [-0.4, -0.2) is 11.7 Å². The largest absolute Gasteiger partial charge is 0.350 e. The number of hydrogen-bond acceptors (Lipinski definition) is 2. The lowest BCUT2D eigenvalue weighted by Crippen LogP contribution is -2.26. The SMILES string of the molecule is C[C@@H](NC(=O)CCSc1ccc(F)cc1)c1ccccc1. The first-order chi connectivity index (χ1) is 10.1. The normalized spacial score (nSPS) is 11.9. The van der Waals surface area contributed by atoms with Gasteiger partial charge in [0.1, 0.15) is 5.82 Å². The summed E-state index contributed by atoms with van der Waals surface area (Å²) in [7, 11) is 0. The molecule has 2 aromatic rings. The van der Waals surface area contributed by atoms with E-state index in [0.717, 1.165) is 10.5 Å². The van der Waals surface area contributed by atoms with Crippen molar-refractivity contribution < 1.29 is 9.18 Å². The van der Waals surface area contributed by atoms with Gasteiger partial charge in [-0.15, -0.1) is 11.8 Å². The molecule has 0 fully saturated rings. The molecule has 4 heteroatoms. The minimum Gasteiger partial charge on any atom is -0.350 e. The van der Waals surface area contributed by atoms with E-state index in [1.54, 1.807) is 23.9 Å². The molecule has 0 aromatic heterocycles. The number of halogens is 1. The lowest BCUT2D eigenvalue weighted by Gasteiger charge is -2.14. The topological polar surface area (TPSA) is 29.1 Å². The Hall–Kier alpha value is -1.81. The van der Waals surface area contributed by atoms with Crippen molar-refractivity contribution in [3.05, 3.63) is 66.0 Å². The van der Waals surface area contributed by atoms with Crippen LogP contribution in [-0.2, 0) is 4.79 Å². The number of amides is 1. The Morgan fingerprint density at radius 1 is 1.14 bits per heavy atom. The average molecular weight is 303 g/mol. The fourth-order valence-corrected chi connectivity index (χ4v) is 2.78. The van der Waals surface area contributed by atoms with Crippen molar-refractivity contribution in [1.82, 2.24) is 5.32 Å². The molecular weight excluding hydrogens is 285 g/mol. The zero-order valence-electron chi connectivity index (χ0n) is 11.9. The van der Waals surface area contributed by atoms with E-state index in [-0.39, 0.29) is 17.8 Å². The number of nitrogens with one attached hydrogen (secondary N) is 1. The van der Waals surface area contributed by atoms with Crippen molar-refractivity contribution in [3.8, 4) is 0 Å². The van der Waals surface area contributed by atoms with Crippen molar-refractivity contribution in [3.63, 3.8) is 0 Å². The van der Waals surface area contributed by atoms with Crippen LogP contribution >= 0.6 is 11.8 Å². The molecule has 0 saturated heterocycles. The molecule has 0 radical (unpaired) electrons. The Balaban J connectivity index is 1.73. The predicted octanol–water partition coefficient (Wildman–Crippen LogP) is 4.19. The number of benzene rings is 2. The molecule has 2 nitrogen and oxygen atoms in total. The Kier molecular flexibility index (Phi) is 5.81. The van der Waals surface area contributed by atoms with Gasteiger partial charge < -0.3 is 5.32 Å². The van der Waals surface area contributed by atoms with Gasteiger partial charge >= 0.3 is 0 Å². The number of hydrogen-bond donors (Lipinski definition) is 1. The van der Waals surface area contributed by atoms with Crippen LogP contribution in [0.3, 0.4) is 0 Å². The van der Waals surface area contributed by atoms with E-state index in [4.69, 9.17) is 0 Å². The fraction of sp³-hybridized carbons (Fsp3) is 0.235. The summed E-state index contributed by atoms with van der Waals surface area (Å²) in [4.78, 5) is 12.9. The highest BCUT2D eigenvalue weighted by Crippen LogP contribution is 2.19. The minimum absolute atomic E-state index is 0.00882. The number of carbonyl (C=O) groups excluding carboxylic acids is 1. The smallest absolute Gasteiger partial charge is 0.221 e. The van der Waals surface area contributed by atoms with Crippen molar-refractivity contribution in [2.75, 3.05) is 5.75 Å². The maximum absolute atomic E-state index is 12.8. The predicted molar refractivity (Wildman–Crippen MR) is 84.7 cm³/mol. The summed E-state index contributed by atoms with van der Waals surface area (Å²) in [5.41, 5.74) is 1.09. The highest BCUT2D eigenvalue weighted by molar-refractivity contribution is 7.99. The van der Waals surface area contributed by atoms with Gasteiger partial charge in [0.25, 0.3) is 0 Å². The molecule has 1 atom stereocenters. The second kappa shape index (κ2) is 7.84. The molecule has 0 aliphatic carbocycles. The Morgan fingerprint density at radius 3 is 2.48 bits per heavy atom. The van der Waals surface area contributed by atoms with Gasteiger partial charge in [0.05, 0.1) is 6.04 Å². The first-order valence-electron chi connectivity index (χ1n) is 6.88. The van der Waals surface area contributed by atoms with Gasteiger partial charge in [-0.2, -0.15) is 0 Å². The minimum atomic E-state index is -0.242. The van der Waals surface area contributed by atoms with Crippen LogP contribution in [0.4, 0.5) is 4.39 Å². The molecule has 0 aliphatic heterocycles. The number of thioether (sulfide) groups is 1. The van der Waals surface area contributed by atoms with Crippen LogP contribution < -0.4 is 5.32 Å². The molecule has 21 heavy (non-hydrogen) atoms. The third-order valence-electron chi connectivity index (χ3n) is 3.09. The summed E-state index contributed by atoms with van der Waals surface area (Å²) < 4.78 is 12.8. The van der Waals surface area contributed by atoms with Gasteiger partial charge in [0.15, 0.2) is 0 Å². The Labute approximate surface area is 128 Å². The van der Waals surface area contributed by atoms with E-state index < -0.39 is 0 Å². The van der Waals surface area contributed by atoms with Crippen LogP contribution in [0.1, 0.15) is 24.9 Å². The van der Waals surface area contributed by atoms with Crippen LogP contribution in [0.25, 0.3) is 0 Å². The molecule has 1 N–H and O–H groups in total. The molecule has 0 aliphatic rings. The van der Waals surface area contributed by atoms with Gasteiger partial charge in [-0.25, -0.2) is 4.39 Å². The summed E-state index contributed by atoms with van der Waals surface area (Å²) >= 11 is 1.55. The summed E-state index contributed by atoms with van der Waals surface area (Å²) in [5, 5.41) is 2.98. The zero-order valence-corrected chi connectivity index (χ0v) is 12.7. The average Bonchev–Trinajstić information content (AvgIpc) is 2.50. The Morgan fingerprint density at radius 2 is 1.81 bits per heavy atom. The monoisotopic (exact) mass is 303 g/mol. The second-order valence-electron chi connectivity index (χ2n) is 4.75. The molecule has 0 saturated carbocycles. The van der Waals surface area contributed by atoms with Crippen LogP contribution in [0.5, 0.6) is 0 Å². The standard InChI is InChI=1S/C17H18FNOS/c1-13(14-5-3-2-4-6-14)19-17(20)11-12-21-16-9-7-15(18)8-10-16/h2-10,13H,11-12H2,1H3,(H,19,20)/t13-/m1/s1. The molecule has 0 bridgehead atoms. The van der Waals surface area contributed by atoms with Crippen LogP contribution in [0.2, 0.25) is 0 Å². The van der Waals surface area contributed by atoms with Gasteiger partial charge in [-0.1, -0.05) is 30.3 Å². The highest BCUT2D eigenvalue weighted by Gasteiger charge is 2.08. The fourth-order valence-electron chi connectivity index (χ4n) is 1.93. The first-order valence-corrected chi connectivity index (χ1v) is 7.86. The Bertz CT molecular complexity index is 571. The molecule has 0 unspecified atom stereocenters. The third-order valence-corrected chi connectivity index (χ3v) is 4.10. The van der Waals surface area contributed by atoms with Gasteiger partial charge in [0.2, 0.25) is 5.91 Å². The second-order valence-corrected chi connectivity index (χ2v) is 5.92. The van der Waals surface area contributed by atoms with Crippen molar-refractivity contribution in [2.24, 2.45) is 0 Å². The van der Waals surface area contributed by atoms with Crippen molar-refractivity contribution in [2.45, 2.75) is 24.3 Å². The summed E-state index contributed by atoms with van der Waals surface area (Å²) in [5.74, 6) is 0.466. The maximum atomic E-state index is 12.8. The summed E-state index contributed by atoms with van der Waals surface area (Å²) in [6.07, 6.45) is 0.444. The molecule has 110 valence electrons. The first kappa shape index (κ1) is 15.6. The van der Waals surface area contributed by atoms with E-state index in [9.17, 15) is 9.18 Å². The van der Waals surface area contributed by atoms with E-state index in [2.05, 4.69) is 5.32 Å². The van der Waals surface area contributed by atoms with Gasteiger partial charge in [-0.3, -0.25) is 4.79 Å². The molecule has 2 rings (SSSR count). The van der Waals surface area contributed by atoms with Crippen LogP contribution in [0, 0.1) is 5.82 Å². The summed E-state index contributed by atoms with van der Waals surface area (Å²) in [6, 6.07) is 16.2. The van der Waals surface area contributed by atoms with Crippen LogP contribution in [0.15, 0.2) is 59.5 Å². The molecule has 0 spiro atoms. The van der Waals surface area contributed by atoms with E-state index in [1.165, 1.54) is 12.1 Å².